The summed E-state index contributed by atoms with van der Waals surface area (Å²) in [6, 6.07) is 12.2. The maximum absolute atomic E-state index is 13.4. The number of hydrogen-bond donors (Lipinski definition) is 3. The van der Waals surface area contributed by atoms with Crippen LogP contribution in [0.15, 0.2) is 42.5 Å². The van der Waals surface area contributed by atoms with Crippen LogP contribution in [-0.2, 0) is 4.79 Å². The molecule has 1 atom stereocenters. The van der Waals surface area contributed by atoms with Gasteiger partial charge in [-0.3, -0.25) is 10.1 Å². The van der Waals surface area contributed by atoms with Gasteiger partial charge >= 0.3 is 12.0 Å². The zero-order valence-electron chi connectivity index (χ0n) is 18.2. The summed E-state index contributed by atoms with van der Waals surface area (Å²) in [5.41, 5.74) is 3.51. The molecule has 4 rings (SSSR count). The molecule has 0 radical (unpaired) electrons. The lowest BCUT2D eigenvalue weighted by Gasteiger charge is -2.36. The summed E-state index contributed by atoms with van der Waals surface area (Å²) in [4.78, 5) is 31.4. The van der Waals surface area contributed by atoms with Crippen molar-refractivity contribution in [2.45, 2.75) is 26.2 Å². The highest BCUT2D eigenvalue weighted by atomic mass is 19.1. The number of urea groups is 1. The topological polar surface area (TPSA) is 88.7 Å². The third-order valence-corrected chi connectivity index (χ3v) is 6.02. The Morgan fingerprint density at radius 1 is 1.16 bits per heavy atom. The predicted octanol–water partition coefficient (Wildman–Crippen LogP) is 4.55. The molecule has 3 N–H and O–H groups in total. The van der Waals surface area contributed by atoms with Gasteiger partial charge in [0.05, 0.1) is 6.42 Å². The lowest BCUT2D eigenvalue weighted by atomic mass is 9.96. The van der Waals surface area contributed by atoms with Gasteiger partial charge in [0.15, 0.2) is 0 Å². The number of fused-ring (bicyclic) bond motifs is 1. The molecule has 7 nitrogen and oxygen atoms in total. The van der Waals surface area contributed by atoms with Crippen LogP contribution in [0.5, 0.6) is 0 Å². The Morgan fingerprint density at radius 2 is 1.88 bits per heavy atom. The van der Waals surface area contributed by atoms with Gasteiger partial charge in [-0.2, -0.15) is 0 Å². The minimum atomic E-state index is -0.882. The number of aliphatic carboxylic acids is 1. The fourth-order valence-electron chi connectivity index (χ4n) is 4.45. The zero-order chi connectivity index (χ0) is 22.8. The maximum atomic E-state index is 13.4. The molecule has 32 heavy (non-hydrogen) atoms. The standard InChI is InChI=1S/C24H27FN4O3/c1-15-13-17(25)7-8-20(15)28-9-11-29(12-10-28)24(32)27-23-22(16(2)14-21(30)31)18-5-3-4-6-19(18)26-23/h3-8,13,16,26H,9-12,14H2,1-2H3,(H,27,32)(H,30,31). The number of aromatic amines is 1. The van der Waals surface area contributed by atoms with Crippen LogP contribution >= 0.6 is 0 Å². The highest BCUT2D eigenvalue weighted by molar-refractivity contribution is 5.97. The van der Waals surface area contributed by atoms with Crippen LogP contribution < -0.4 is 10.2 Å². The van der Waals surface area contributed by atoms with Crippen molar-refractivity contribution in [3.05, 3.63) is 59.4 Å². The number of aryl methyl sites for hydroxylation is 1. The lowest BCUT2D eigenvalue weighted by Crippen LogP contribution is -2.50. The Bertz CT molecular complexity index is 1150. The molecule has 0 spiro atoms. The molecule has 1 aliphatic heterocycles. The van der Waals surface area contributed by atoms with Gasteiger partial charge in [0.1, 0.15) is 11.6 Å². The van der Waals surface area contributed by atoms with E-state index >= 15 is 0 Å². The number of amides is 2. The first-order valence-electron chi connectivity index (χ1n) is 10.7. The number of carbonyl (C=O) groups is 2. The summed E-state index contributed by atoms with van der Waals surface area (Å²) in [5.74, 6) is -0.859. The molecular formula is C24H27FN4O3. The number of rotatable bonds is 5. The van der Waals surface area contributed by atoms with E-state index in [0.717, 1.165) is 27.7 Å². The molecule has 0 aliphatic carbocycles. The molecule has 0 saturated carbocycles. The van der Waals surface area contributed by atoms with Crippen LogP contribution in [0.4, 0.5) is 20.7 Å². The van der Waals surface area contributed by atoms with Gasteiger partial charge in [0.25, 0.3) is 0 Å². The monoisotopic (exact) mass is 438 g/mol. The molecule has 2 amide bonds. The number of carbonyl (C=O) groups excluding carboxylic acids is 1. The second-order valence-corrected chi connectivity index (χ2v) is 8.29. The zero-order valence-corrected chi connectivity index (χ0v) is 18.2. The first-order valence-corrected chi connectivity index (χ1v) is 10.7. The van der Waals surface area contributed by atoms with E-state index < -0.39 is 5.97 Å². The van der Waals surface area contributed by atoms with Crippen molar-refractivity contribution in [3.8, 4) is 0 Å². The average molecular weight is 439 g/mol. The van der Waals surface area contributed by atoms with E-state index in [-0.39, 0.29) is 24.2 Å². The third-order valence-electron chi connectivity index (χ3n) is 6.02. The SMILES string of the molecule is Cc1cc(F)ccc1N1CCN(C(=O)Nc2[nH]c3ccccc3c2C(C)CC(=O)O)CC1. The van der Waals surface area contributed by atoms with Crippen molar-refractivity contribution in [1.82, 2.24) is 9.88 Å². The normalized spacial score (nSPS) is 15.1. The van der Waals surface area contributed by atoms with Crippen molar-refractivity contribution in [1.29, 1.82) is 0 Å². The van der Waals surface area contributed by atoms with E-state index in [4.69, 9.17) is 0 Å². The molecule has 1 fully saturated rings. The van der Waals surface area contributed by atoms with Crippen LogP contribution in [-0.4, -0.2) is 53.2 Å². The number of benzene rings is 2. The quantitative estimate of drug-likeness (QED) is 0.545. The van der Waals surface area contributed by atoms with Gasteiger partial charge in [0.2, 0.25) is 0 Å². The summed E-state index contributed by atoms with van der Waals surface area (Å²) in [6.45, 7) is 6.09. The number of nitrogens with one attached hydrogen (secondary N) is 2. The number of piperazine rings is 1. The van der Waals surface area contributed by atoms with E-state index in [0.29, 0.717) is 32.0 Å². The summed E-state index contributed by atoms with van der Waals surface area (Å²) >= 11 is 0. The molecule has 3 aromatic rings. The maximum Gasteiger partial charge on any atom is 0.323 e. The highest BCUT2D eigenvalue weighted by Gasteiger charge is 2.25. The third kappa shape index (κ3) is 4.39. The minimum Gasteiger partial charge on any atom is -0.481 e. The first kappa shape index (κ1) is 21.7. The van der Waals surface area contributed by atoms with Gasteiger partial charge < -0.3 is 19.9 Å². The Labute approximate surface area is 185 Å². The van der Waals surface area contributed by atoms with E-state index in [2.05, 4.69) is 15.2 Å². The number of anilines is 2. The fourth-order valence-corrected chi connectivity index (χ4v) is 4.45. The Kier molecular flexibility index (Phi) is 6.03. The second-order valence-electron chi connectivity index (χ2n) is 8.29. The van der Waals surface area contributed by atoms with Gasteiger partial charge in [-0.1, -0.05) is 25.1 Å². The molecule has 1 unspecified atom stereocenters. The Balaban J connectivity index is 1.48. The highest BCUT2D eigenvalue weighted by Crippen LogP contribution is 2.34. The van der Waals surface area contributed by atoms with E-state index in [9.17, 15) is 19.1 Å². The number of hydrogen-bond acceptors (Lipinski definition) is 3. The molecular weight excluding hydrogens is 411 g/mol. The van der Waals surface area contributed by atoms with Crippen molar-refractivity contribution >= 4 is 34.4 Å². The van der Waals surface area contributed by atoms with Gasteiger partial charge in [-0.15, -0.1) is 0 Å². The molecule has 1 aromatic heterocycles. The molecule has 1 saturated heterocycles. The van der Waals surface area contributed by atoms with Crippen LogP contribution in [0.3, 0.4) is 0 Å². The lowest BCUT2D eigenvalue weighted by molar-refractivity contribution is -0.137. The summed E-state index contributed by atoms with van der Waals surface area (Å²) in [7, 11) is 0. The van der Waals surface area contributed by atoms with E-state index in [1.54, 1.807) is 11.0 Å². The van der Waals surface area contributed by atoms with Crippen LogP contribution in [0, 0.1) is 12.7 Å². The van der Waals surface area contributed by atoms with Gasteiger partial charge in [-0.25, -0.2) is 9.18 Å². The summed E-state index contributed by atoms with van der Waals surface area (Å²) in [5, 5.41) is 13.1. The number of nitrogens with zero attached hydrogens (tertiary/aromatic N) is 2. The first-order chi connectivity index (χ1) is 15.3. The largest absolute Gasteiger partial charge is 0.481 e. The average Bonchev–Trinajstić information content (AvgIpc) is 3.11. The van der Waals surface area contributed by atoms with Gasteiger partial charge in [-0.05, 0) is 42.7 Å². The number of carboxylic acids is 1. The Hall–Kier alpha value is -3.55. The number of aromatic nitrogens is 1. The van der Waals surface area contributed by atoms with Crippen LogP contribution in [0.1, 0.15) is 30.4 Å². The van der Waals surface area contributed by atoms with Crippen LogP contribution in [0.25, 0.3) is 10.9 Å². The van der Waals surface area contributed by atoms with E-state index in [1.807, 2.05) is 38.1 Å². The molecule has 2 heterocycles. The van der Waals surface area contributed by atoms with Crippen molar-refractivity contribution in [2.24, 2.45) is 0 Å². The molecule has 2 aromatic carbocycles. The minimum absolute atomic E-state index is 0.0274. The molecule has 1 aliphatic rings. The van der Waals surface area contributed by atoms with Crippen molar-refractivity contribution in [3.63, 3.8) is 0 Å². The molecule has 8 heteroatoms. The van der Waals surface area contributed by atoms with Crippen molar-refractivity contribution in [2.75, 3.05) is 36.4 Å². The number of halogens is 1. The fraction of sp³-hybridized carbons (Fsp3) is 0.333. The van der Waals surface area contributed by atoms with E-state index in [1.165, 1.54) is 12.1 Å². The predicted molar refractivity (Wildman–Crippen MR) is 123 cm³/mol. The van der Waals surface area contributed by atoms with Crippen molar-refractivity contribution < 1.29 is 19.1 Å². The second kappa shape index (κ2) is 8.90. The van der Waals surface area contributed by atoms with Crippen LogP contribution in [0.2, 0.25) is 0 Å². The smallest absolute Gasteiger partial charge is 0.323 e. The molecule has 168 valence electrons. The number of H-pyrrole nitrogens is 1. The molecule has 0 bridgehead atoms. The Morgan fingerprint density at radius 3 is 2.56 bits per heavy atom. The number of para-hydroxylation sites is 1. The summed E-state index contributed by atoms with van der Waals surface area (Å²) in [6.07, 6.45) is -0.0274. The van der Waals surface area contributed by atoms with Gasteiger partial charge in [0, 0.05) is 48.3 Å². The summed E-state index contributed by atoms with van der Waals surface area (Å²) < 4.78 is 13.4. The number of carboxylic acid groups (broad SMARTS) is 1.